The average molecular weight is 328 g/mol. The number of hydrazone groups is 1. The molecule has 3 rings (SSSR count). The van der Waals surface area contributed by atoms with Crippen molar-refractivity contribution in [2.45, 2.75) is 6.92 Å². The number of carbonyl (C=O) groups excluding carboxylic acids is 1. The fourth-order valence-corrected chi connectivity index (χ4v) is 2.51. The molecule has 3 aromatic rings. The van der Waals surface area contributed by atoms with E-state index >= 15 is 0 Å². The van der Waals surface area contributed by atoms with E-state index in [-0.39, 0.29) is 11.7 Å². The summed E-state index contributed by atoms with van der Waals surface area (Å²) in [5.41, 5.74) is 5.03. The largest absolute Gasteiger partial charge is 0.507 e. The maximum absolute atomic E-state index is 12.2. The van der Waals surface area contributed by atoms with E-state index in [9.17, 15) is 9.90 Å². The molecule has 0 fully saturated rings. The van der Waals surface area contributed by atoms with Crippen molar-refractivity contribution in [2.24, 2.45) is 5.10 Å². The van der Waals surface area contributed by atoms with Crippen LogP contribution in [0, 0.1) is 6.92 Å². The van der Waals surface area contributed by atoms with E-state index in [1.54, 1.807) is 30.3 Å². The number of para-hydroxylation sites is 1. The molecule has 0 bridgehead atoms. The Bertz CT molecular complexity index is 915. The molecule has 3 N–H and O–H groups in total. The number of carbonyl (C=O) groups is 1. The third-order valence-electron chi connectivity index (χ3n) is 3.55. The number of amides is 1. The Balaban J connectivity index is 1.81. The molecule has 2 aromatic carbocycles. The summed E-state index contributed by atoms with van der Waals surface area (Å²) < 4.78 is 0. The highest BCUT2D eigenvalue weighted by Crippen LogP contribution is 2.24. The number of aryl methyl sites for hydroxylation is 1. The molecule has 23 heavy (non-hydrogen) atoms. The normalized spacial score (nSPS) is 11.2. The number of hydrogen-bond acceptors (Lipinski definition) is 3. The van der Waals surface area contributed by atoms with E-state index in [2.05, 4.69) is 15.5 Å². The second kappa shape index (κ2) is 6.14. The molecule has 5 nitrogen and oxygen atoms in total. The summed E-state index contributed by atoms with van der Waals surface area (Å²) in [5, 5.41) is 15.0. The maximum Gasteiger partial charge on any atom is 0.288 e. The van der Waals surface area contributed by atoms with E-state index in [1.165, 1.54) is 6.21 Å². The molecule has 0 spiro atoms. The fourth-order valence-electron chi connectivity index (χ4n) is 2.34. The zero-order valence-electron chi connectivity index (χ0n) is 12.3. The van der Waals surface area contributed by atoms with Crippen LogP contribution in [-0.2, 0) is 0 Å². The van der Waals surface area contributed by atoms with Crippen molar-refractivity contribution < 1.29 is 9.90 Å². The van der Waals surface area contributed by atoms with Gasteiger partial charge in [0.05, 0.1) is 6.21 Å². The molecule has 0 saturated heterocycles. The Kier molecular flexibility index (Phi) is 4.04. The minimum Gasteiger partial charge on any atom is -0.507 e. The van der Waals surface area contributed by atoms with Gasteiger partial charge >= 0.3 is 0 Å². The smallest absolute Gasteiger partial charge is 0.288 e. The molecule has 6 heteroatoms. The first-order valence-electron chi connectivity index (χ1n) is 6.95. The minimum atomic E-state index is -0.360. The zero-order valence-corrected chi connectivity index (χ0v) is 13.1. The van der Waals surface area contributed by atoms with Crippen LogP contribution in [0.2, 0.25) is 5.02 Å². The van der Waals surface area contributed by atoms with E-state index in [0.29, 0.717) is 16.3 Å². The molecule has 0 aliphatic rings. The molecule has 1 amide bonds. The van der Waals surface area contributed by atoms with Gasteiger partial charge in [-0.05, 0) is 42.8 Å². The van der Waals surface area contributed by atoms with Crippen LogP contribution >= 0.6 is 11.6 Å². The first-order valence-corrected chi connectivity index (χ1v) is 7.33. The summed E-state index contributed by atoms with van der Waals surface area (Å²) in [7, 11) is 0. The monoisotopic (exact) mass is 327 g/mol. The number of nitrogens with zero attached hydrogens (tertiary/aromatic N) is 1. The lowest BCUT2D eigenvalue weighted by Gasteiger charge is -2.00. The highest BCUT2D eigenvalue weighted by Gasteiger charge is 2.14. The van der Waals surface area contributed by atoms with E-state index in [4.69, 9.17) is 11.6 Å². The van der Waals surface area contributed by atoms with Gasteiger partial charge in [0.15, 0.2) is 0 Å². The van der Waals surface area contributed by atoms with Crippen molar-refractivity contribution in [3.63, 3.8) is 0 Å². The van der Waals surface area contributed by atoms with Crippen molar-refractivity contribution in [1.82, 2.24) is 10.4 Å². The summed E-state index contributed by atoms with van der Waals surface area (Å²) >= 11 is 5.98. The van der Waals surface area contributed by atoms with Gasteiger partial charge in [-0.15, -0.1) is 0 Å². The molecule has 0 unspecified atom stereocenters. The number of phenolic OH excluding ortho intramolecular Hbond substituents is 1. The molecular formula is C17H14ClN3O2. The van der Waals surface area contributed by atoms with Crippen LogP contribution in [0.5, 0.6) is 5.75 Å². The minimum absolute atomic E-state index is 0.0990. The number of aromatic hydroxyl groups is 1. The van der Waals surface area contributed by atoms with Gasteiger partial charge in [0.1, 0.15) is 11.4 Å². The summed E-state index contributed by atoms with van der Waals surface area (Å²) in [5.74, 6) is -0.261. The van der Waals surface area contributed by atoms with Gasteiger partial charge in [-0.25, -0.2) is 5.43 Å². The average Bonchev–Trinajstić information content (AvgIpc) is 2.86. The van der Waals surface area contributed by atoms with Gasteiger partial charge < -0.3 is 10.1 Å². The van der Waals surface area contributed by atoms with Gasteiger partial charge in [0.2, 0.25) is 0 Å². The fraction of sp³-hybridized carbons (Fsp3) is 0.0588. The van der Waals surface area contributed by atoms with Crippen LogP contribution in [0.4, 0.5) is 0 Å². The Morgan fingerprint density at radius 2 is 2.09 bits per heavy atom. The van der Waals surface area contributed by atoms with Crippen LogP contribution in [0.1, 0.15) is 21.6 Å². The molecule has 0 saturated carbocycles. The first-order chi connectivity index (χ1) is 11.1. The molecule has 0 aliphatic heterocycles. The number of fused-ring (bicyclic) bond motifs is 1. The molecule has 1 heterocycles. The third-order valence-corrected chi connectivity index (χ3v) is 3.79. The number of rotatable bonds is 3. The van der Waals surface area contributed by atoms with Gasteiger partial charge in [-0.1, -0.05) is 23.7 Å². The van der Waals surface area contributed by atoms with Crippen molar-refractivity contribution in [3.8, 4) is 5.75 Å². The second-order valence-corrected chi connectivity index (χ2v) is 5.51. The highest BCUT2D eigenvalue weighted by molar-refractivity contribution is 6.31. The molecule has 0 atom stereocenters. The van der Waals surface area contributed by atoms with Crippen molar-refractivity contribution >= 4 is 34.6 Å². The Labute approximate surface area is 137 Å². The van der Waals surface area contributed by atoms with Gasteiger partial charge in [-0.3, -0.25) is 4.79 Å². The van der Waals surface area contributed by atoms with Crippen LogP contribution < -0.4 is 5.43 Å². The number of aromatic nitrogens is 1. The van der Waals surface area contributed by atoms with Gasteiger partial charge in [0, 0.05) is 21.5 Å². The lowest BCUT2D eigenvalue weighted by atomic mass is 10.1. The van der Waals surface area contributed by atoms with E-state index < -0.39 is 0 Å². The quantitative estimate of drug-likeness (QED) is 0.507. The number of H-pyrrole nitrogens is 1. The van der Waals surface area contributed by atoms with Gasteiger partial charge in [0.25, 0.3) is 5.91 Å². The number of hydrogen-bond donors (Lipinski definition) is 3. The molecule has 116 valence electrons. The summed E-state index contributed by atoms with van der Waals surface area (Å²) in [6, 6.07) is 12.1. The second-order valence-electron chi connectivity index (χ2n) is 5.07. The van der Waals surface area contributed by atoms with Crippen LogP contribution in [0.3, 0.4) is 0 Å². The standard InChI is InChI=1S/C17H14ClN3O2/c1-10-13-8-12(18)6-7-14(13)20-16(10)17(23)21-19-9-11-4-2-3-5-15(11)22/h2-9,20,22H,1H3,(H,21,23)/b19-9+. The Hall–Kier alpha value is -2.79. The van der Waals surface area contributed by atoms with Crippen LogP contribution in [-0.4, -0.2) is 22.2 Å². The number of phenols is 1. The number of benzene rings is 2. The molecule has 1 aromatic heterocycles. The highest BCUT2D eigenvalue weighted by atomic mass is 35.5. The molecule has 0 aliphatic carbocycles. The predicted molar refractivity (Wildman–Crippen MR) is 91.2 cm³/mol. The number of halogens is 1. The Morgan fingerprint density at radius 1 is 1.30 bits per heavy atom. The molecule has 0 radical (unpaired) electrons. The Morgan fingerprint density at radius 3 is 2.87 bits per heavy atom. The maximum atomic E-state index is 12.2. The van der Waals surface area contributed by atoms with E-state index in [0.717, 1.165) is 16.5 Å². The SMILES string of the molecule is Cc1c(C(=O)N/N=C/c2ccccc2O)[nH]c2ccc(Cl)cc12. The van der Waals surface area contributed by atoms with Crippen LogP contribution in [0.25, 0.3) is 10.9 Å². The van der Waals surface area contributed by atoms with E-state index in [1.807, 2.05) is 19.1 Å². The van der Waals surface area contributed by atoms with Gasteiger partial charge in [-0.2, -0.15) is 5.10 Å². The summed E-state index contributed by atoms with van der Waals surface area (Å²) in [4.78, 5) is 15.3. The topological polar surface area (TPSA) is 77.5 Å². The summed E-state index contributed by atoms with van der Waals surface area (Å²) in [6.45, 7) is 1.84. The van der Waals surface area contributed by atoms with Crippen molar-refractivity contribution in [1.29, 1.82) is 0 Å². The number of aromatic amines is 1. The van der Waals surface area contributed by atoms with Crippen molar-refractivity contribution in [3.05, 3.63) is 64.3 Å². The molecular weight excluding hydrogens is 314 g/mol. The number of nitrogens with one attached hydrogen (secondary N) is 2. The van der Waals surface area contributed by atoms with Crippen molar-refractivity contribution in [2.75, 3.05) is 0 Å². The lowest BCUT2D eigenvalue weighted by molar-refractivity contribution is 0.0950. The van der Waals surface area contributed by atoms with Crippen LogP contribution in [0.15, 0.2) is 47.6 Å². The summed E-state index contributed by atoms with van der Waals surface area (Å²) in [6.07, 6.45) is 1.39. The third kappa shape index (κ3) is 3.05. The first kappa shape index (κ1) is 15.1. The predicted octanol–water partition coefficient (Wildman–Crippen LogP) is 3.60. The lowest BCUT2D eigenvalue weighted by Crippen LogP contribution is -2.18. The zero-order chi connectivity index (χ0) is 16.4.